The van der Waals surface area contributed by atoms with Crippen LogP contribution in [0.3, 0.4) is 0 Å². The minimum Gasteiger partial charge on any atom is -0.495 e. The molecule has 3 heterocycles. The number of anilines is 4. The Balaban J connectivity index is 1.42. The molecule has 1 aromatic heterocycles. The number of rotatable bonds is 7. The molecule has 0 bridgehead atoms. The number of nitrogens with zero attached hydrogens (tertiary/aromatic N) is 4. The van der Waals surface area contributed by atoms with Gasteiger partial charge in [-0.3, -0.25) is 9.59 Å². The van der Waals surface area contributed by atoms with Crippen molar-refractivity contribution >= 4 is 35.0 Å². The van der Waals surface area contributed by atoms with E-state index in [2.05, 4.69) is 27.5 Å². The second kappa shape index (κ2) is 11.2. The molecule has 3 aliphatic rings. The summed E-state index contributed by atoms with van der Waals surface area (Å²) in [5.41, 5.74) is -0.735. The van der Waals surface area contributed by atoms with E-state index < -0.39 is 11.6 Å². The average Bonchev–Trinajstić information content (AvgIpc) is 3.48. The lowest BCUT2D eigenvalue weighted by atomic mass is 10.0. The first-order valence-electron chi connectivity index (χ1n) is 13.5. The molecule has 208 valence electrons. The summed E-state index contributed by atoms with van der Waals surface area (Å²) in [4.78, 5) is 38.2. The number of carbonyl (C=O) groups excluding carboxylic acids is 2. The maximum absolute atomic E-state index is 15.8. The van der Waals surface area contributed by atoms with E-state index in [9.17, 15) is 9.59 Å². The molecule has 5 rings (SSSR count). The van der Waals surface area contributed by atoms with Gasteiger partial charge in [0, 0.05) is 31.2 Å². The van der Waals surface area contributed by atoms with Gasteiger partial charge < -0.3 is 30.5 Å². The van der Waals surface area contributed by atoms with Gasteiger partial charge in [0.15, 0.2) is 5.82 Å². The van der Waals surface area contributed by atoms with E-state index >= 15 is 4.39 Å². The van der Waals surface area contributed by atoms with Crippen molar-refractivity contribution in [3.05, 3.63) is 42.6 Å². The molecule has 1 saturated carbocycles. The molecule has 1 aromatic carbocycles. The van der Waals surface area contributed by atoms with Crippen molar-refractivity contribution in [3.8, 4) is 5.75 Å². The normalized spacial score (nSPS) is 23.7. The highest BCUT2D eigenvalue weighted by molar-refractivity contribution is 6.04. The summed E-state index contributed by atoms with van der Waals surface area (Å²) >= 11 is 0. The standard InChI is InChI=1S/C28H36FN7O3/c1-4-28(29)17-36(20-9-5-6-10-20)24-22(35(2)26(28)38)16-31-27(34-24)33-21-12-11-18(14-23(21)39-3)25(37)32-19-8-7-13-30-15-19/h4,11-12,14,16,19-20,30H,1,5-10,13,15,17H2,2-3H3,(H,32,37)(H,31,33,34)/t19-,28?/m1/s1. The number of amides is 2. The molecule has 3 N–H and O–H groups in total. The maximum Gasteiger partial charge on any atom is 0.270 e. The number of nitrogens with one attached hydrogen (secondary N) is 3. The number of alkyl halides is 1. The van der Waals surface area contributed by atoms with Crippen molar-refractivity contribution in [3.63, 3.8) is 0 Å². The second-order valence-corrected chi connectivity index (χ2v) is 10.5. The molecule has 2 atom stereocenters. The van der Waals surface area contributed by atoms with Gasteiger partial charge in [-0.05, 0) is 56.5 Å². The fourth-order valence-corrected chi connectivity index (χ4v) is 5.62. The largest absolute Gasteiger partial charge is 0.495 e. The van der Waals surface area contributed by atoms with E-state index in [1.165, 1.54) is 25.3 Å². The van der Waals surface area contributed by atoms with Gasteiger partial charge in [-0.1, -0.05) is 19.4 Å². The fourth-order valence-electron chi connectivity index (χ4n) is 5.62. The van der Waals surface area contributed by atoms with E-state index in [1.54, 1.807) is 18.2 Å². The van der Waals surface area contributed by atoms with Gasteiger partial charge in [0.25, 0.3) is 11.8 Å². The highest BCUT2D eigenvalue weighted by Gasteiger charge is 2.46. The van der Waals surface area contributed by atoms with Crippen LogP contribution < -0.4 is 30.5 Å². The first-order chi connectivity index (χ1) is 18.8. The number of hydrogen-bond acceptors (Lipinski definition) is 8. The Morgan fingerprint density at radius 2 is 2.08 bits per heavy atom. The molecule has 1 saturated heterocycles. The second-order valence-electron chi connectivity index (χ2n) is 10.5. The number of fused-ring (bicyclic) bond motifs is 1. The third-order valence-electron chi connectivity index (χ3n) is 7.88. The van der Waals surface area contributed by atoms with Crippen LogP contribution in [0.5, 0.6) is 5.75 Å². The third kappa shape index (κ3) is 5.40. The first kappa shape index (κ1) is 26.9. The summed E-state index contributed by atoms with van der Waals surface area (Å²) in [6.07, 6.45) is 8.46. The van der Waals surface area contributed by atoms with Crippen molar-refractivity contribution in [1.82, 2.24) is 20.6 Å². The summed E-state index contributed by atoms with van der Waals surface area (Å²) in [7, 11) is 3.06. The number of aromatic nitrogens is 2. The molecule has 0 spiro atoms. The molecular weight excluding hydrogens is 501 g/mol. The van der Waals surface area contributed by atoms with E-state index in [-0.39, 0.29) is 30.5 Å². The summed E-state index contributed by atoms with van der Waals surface area (Å²) < 4.78 is 21.4. The Hall–Kier alpha value is -3.73. The van der Waals surface area contributed by atoms with Crippen LogP contribution in [-0.4, -0.2) is 73.3 Å². The van der Waals surface area contributed by atoms with Gasteiger partial charge in [-0.15, -0.1) is 0 Å². The Kier molecular flexibility index (Phi) is 7.69. The number of methoxy groups -OCH3 is 1. The van der Waals surface area contributed by atoms with E-state index in [4.69, 9.17) is 9.72 Å². The van der Waals surface area contributed by atoms with E-state index in [1.807, 2.05) is 4.90 Å². The molecule has 0 radical (unpaired) electrons. The molecule has 11 heteroatoms. The first-order valence-corrected chi connectivity index (χ1v) is 13.5. The molecule has 2 amide bonds. The molecule has 1 aliphatic carbocycles. The van der Waals surface area contributed by atoms with Crippen LogP contribution in [0.4, 0.5) is 27.5 Å². The van der Waals surface area contributed by atoms with Gasteiger partial charge in [0.2, 0.25) is 11.6 Å². The molecular formula is C28H36FN7O3. The third-order valence-corrected chi connectivity index (χ3v) is 7.88. The average molecular weight is 538 g/mol. The Labute approximate surface area is 228 Å². The topological polar surface area (TPSA) is 112 Å². The summed E-state index contributed by atoms with van der Waals surface area (Å²) in [5.74, 6) is 0.367. The molecule has 2 aromatic rings. The van der Waals surface area contributed by atoms with Gasteiger partial charge in [0.05, 0.1) is 25.5 Å². The zero-order valence-corrected chi connectivity index (χ0v) is 22.5. The van der Waals surface area contributed by atoms with E-state index in [0.717, 1.165) is 57.7 Å². The van der Waals surface area contributed by atoms with E-state index in [0.29, 0.717) is 28.5 Å². The number of halogens is 1. The van der Waals surface area contributed by atoms with Crippen molar-refractivity contribution in [2.45, 2.75) is 56.3 Å². The van der Waals surface area contributed by atoms with Crippen LogP contribution in [-0.2, 0) is 4.79 Å². The summed E-state index contributed by atoms with van der Waals surface area (Å²) in [6, 6.07) is 5.30. The molecule has 2 aliphatic heterocycles. The Bertz CT molecular complexity index is 1250. The SMILES string of the molecule is C=CC1(F)CN(C2CCCC2)c2nc(Nc3ccc(C(=O)N[C@@H]4CCCNC4)cc3OC)ncc2N(C)C1=O. The van der Waals surface area contributed by atoms with Gasteiger partial charge in [0.1, 0.15) is 11.4 Å². The zero-order chi connectivity index (χ0) is 27.6. The molecule has 39 heavy (non-hydrogen) atoms. The zero-order valence-electron chi connectivity index (χ0n) is 22.5. The summed E-state index contributed by atoms with van der Waals surface area (Å²) in [6.45, 7) is 5.18. The van der Waals surface area contributed by atoms with Crippen LogP contribution in [0, 0.1) is 0 Å². The van der Waals surface area contributed by atoms with Crippen LogP contribution in [0.15, 0.2) is 37.1 Å². The van der Waals surface area contributed by atoms with Gasteiger partial charge in [-0.2, -0.15) is 4.98 Å². The maximum atomic E-state index is 15.8. The number of hydrogen-bond donors (Lipinski definition) is 3. The smallest absolute Gasteiger partial charge is 0.270 e. The number of ether oxygens (including phenoxy) is 1. The van der Waals surface area contributed by atoms with Crippen molar-refractivity contribution in [1.29, 1.82) is 0 Å². The molecule has 2 fully saturated rings. The number of piperidine rings is 1. The predicted molar refractivity (Wildman–Crippen MR) is 149 cm³/mol. The molecule has 10 nitrogen and oxygen atoms in total. The molecule has 1 unspecified atom stereocenters. The Morgan fingerprint density at radius 1 is 1.28 bits per heavy atom. The van der Waals surface area contributed by atoms with Crippen LogP contribution >= 0.6 is 0 Å². The number of benzene rings is 1. The van der Waals surface area contributed by atoms with Crippen molar-refractivity contribution in [2.75, 3.05) is 48.9 Å². The minimum atomic E-state index is -2.24. The lowest BCUT2D eigenvalue weighted by Gasteiger charge is -2.32. The highest BCUT2D eigenvalue weighted by Crippen LogP contribution is 2.40. The number of carbonyl (C=O) groups is 2. The van der Waals surface area contributed by atoms with Gasteiger partial charge in [-0.25, -0.2) is 9.37 Å². The van der Waals surface area contributed by atoms with Crippen LogP contribution in [0.1, 0.15) is 48.9 Å². The van der Waals surface area contributed by atoms with Crippen molar-refractivity contribution in [2.24, 2.45) is 0 Å². The Morgan fingerprint density at radius 3 is 2.77 bits per heavy atom. The van der Waals surface area contributed by atoms with Crippen molar-refractivity contribution < 1.29 is 18.7 Å². The highest BCUT2D eigenvalue weighted by atomic mass is 19.1. The quantitative estimate of drug-likeness (QED) is 0.462. The summed E-state index contributed by atoms with van der Waals surface area (Å²) in [5, 5.41) is 9.55. The fraction of sp³-hybridized carbons (Fsp3) is 0.500. The van der Waals surface area contributed by atoms with Gasteiger partial charge >= 0.3 is 0 Å². The van der Waals surface area contributed by atoms with Crippen LogP contribution in [0.25, 0.3) is 0 Å². The van der Waals surface area contributed by atoms with Crippen LogP contribution in [0.2, 0.25) is 0 Å². The lowest BCUT2D eigenvalue weighted by Crippen LogP contribution is -2.49. The monoisotopic (exact) mass is 537 g/mol. The lowest BCUT2D eigenvalue weighted by molar-refractivity contribution is -0.126. The predicted octanol–water partition coefficient (Wildman–Crippen LogP) is 3.33. The minimum absolute atomic E-state index is 0.0626.